The lowest BCUT2D eigenvalue weighted by atomic mass is 10.00. The smallest absolute Gasteiger partial charge is 0.255 e. The molecule has 5 heteroatoms. The molecule has 1 amide bonds. The summed E-state index contributed by atoms with van der Waals surface area (Å²) in [5.41, 5.74) is 10.1. The Kier molecular flexibility index (Phi) is 9.28. The highest BCUT2D eigenvalue weighted by atomic mass is 16.5. The molecule has 0 bridgehead atoms. The molecule has 1 aromatic carbocycles. The predicted molar refractivity (Wildman–Crippen MR) is 128 cm³/mol. The van der Waals surface area contributed by atoms with Gasteiger partial charge >= 0.3 is 0 Å². The number of hydrogen-bond acceptors (Lipinski definition) is 4. The van der Waals surface area contributed by atoms with Gasteiger partial charge < -0.3 is 9.64 Å². The SMILES string of the molecule is C=C/C=C\C(=C/N(NCc1c(C)cccc1C)C(C)=C(C)C)C(=O)N1CC(COC)C1. The molecule has 1 heterocycles. The molecule has 168 valence electrons. The van der Waals surface area contributed by atoms with Crippen LogP contribution in [0.15, 0.2) is 66.0 Å². The quantitative estimate of drug-likeness (QED) is 0.338. The van der Waals surface area contributed by atoms with Gasteiger partial charge in [-0.2, -0.15) is 0 Å². The molecule has 1 aliphatic rings. The number of rotatable bonds is 10. The zero-order valence-corrected chi connectivity index (χ0v) is 19.9. The summed E-state index contributed by atoms with van der Waals surface area (Å²) < 4.78 is 5.21. The number of benzene rings is 1. The first-order chi connectivity index (χ1) is 14.8. The first-order valence-electron chi connectivity index (χ1n) is 10.8. The van der Waals surface area contributed by atoms with Crippen molar-refractivity contribution in [3.05, 3.63) is 82.7 Å². The number of aryl methyl sites for hydroxylation is 2. The monoisotopic (exact) mass is 423 g/mol. The number of nitrogens with one attached hydrogen (secondary N) is 1. The molecule has 0 atom stereocenters. The third-order valence-electron chi connectivity index (χ3n) is 5.73. The van der Waals surface area contributed by atoms with Crippen LogP contribution in [0.25, 0.3) is 0 Å². The van der Waals surface area contributed by atoms with Crippen molar-refractivity contribution in [2.24, 2.45) is 5.92 Å². The number of hydrogen-bond donors (Lipinski definition) is 1. The van der Waals surface area contributed by atoms with Crippen LogP contribution in [0.1, 0.15) is 37.5 Å². The maximum atomic E-state index is 13.2. The van der Waals surface area contributed by atoms with Crippen LogP contribution < -0.4 is 5.43 Å². The van der Waals surface area contributed by atoms with E-state index in [2.05, 4.69) is 64.8 Å². The minimum atomic E-state index is 0.0193. The average molecular weight is 424 g/mol. The van der Waals surface area contributed by atoms with E-state index in [0.717, 1.165) is 18.8 Å². The van der Waals surface area contributed by atoms with Crippen molar-refractivity contribution in [2.45, 2.75) is 41.2 Å². The van der Waals surface area contributed by atoms with E-state index in [4.69, 9.17) is 4.74 Å². The molecule has 1 aliphatic heterocycles. The highest BCUT2D eigenvalue weighted by Crippen LogP contribution is 2.21. The number of likely N-dealkylation sites (tertiary alicyclic amines) is 1. The first-order valence-corrected chi connectivity index (χ1v) is 10.8. The number of amides is 1. The largest absolute Gasteiger partial charge is 0.384 e. The van der Waals surface area contributed by atoms with Crippen LogP contribution in [-0.4, -0.2) is 42.6 Å². The van der Waals surface area contributed by atoms with Crippen molar-refractivity contribution in [3.8, 4) is 0 Å². The van der Waals surface area contributed by atoms with Crippen molar-refractivity contribution in [2.75, 3.05) is 26.8 Å². The van der Waals surface area contributed by atoms with Gasteiger partial charge in [0, 0.05) is 44.6 Å². The van der Waals surface area contributed by atoms with Crippen molar-refractivity contribution in [1.29, 1.82) is 0 Å². The van der Waals surface area contributed by atoms with Gasteiger partial charge in [-0.1, -0.05) is 42.5 Å². The fraction of sp³-hybridized carbons (Fsp3) is 0.423. The Labute approximate surface area is 187 Å². The highest BCUT2D eigenvalue weighted by Gasteiger charge is 2.31. The van der Waals surface area contributed by atoms with Crippen molar-refractivity contribution in [1.82, 2.24) is 15.3 Å². The van der Waals surface area contributed by atoms with Gasteiger partial charge in [-0.05, 0) is 57.4 Å². The molecule has 0 spiro atoms. The lowest BCUT2D eigenvalue weighted by Crippen LogP contribution is -2.52. The predicted octanol–water partition coefficient (Wildman–Crippen LogP) is 4.65. The number of carbonyl (C=O) groups excluding carboxylic acids is 1. The van der Waals surface area contributed by atoms with E-state index in [9.17, 15) is 4.79 Å². The van der Waals surface area contributed by atoms with Gasteiger partial charge in [0.1, 0.15) is 0 Å². The van der Waals surface area contributed by atoms with Gasteiger partial charge in [-0.3, -0.25) is 9.80 Å². The molecule has 5 nitrogen and oxygen atoms in total. The lowest BCUT2D eigenvalue weighted by Gasteiger charge is -2.39. The standard InChI is InChI=1S/C26H37N3O2/c1-8-9-13-24(26(30)28-15-23(16-28)18-31-7)17-29(22(6)19(2)3)27-14-25-20(4)11-10-12-21(25)5/h8-13,17,23,27H,1,14-16,18H2,2-7H3/b13-9-,24-17+. The van der Waals surface area contributed by atoms with Crippen LogP contribution in [-0.2, 0) is 16.1 Å². The highest BCUT2D eigenvalue weighted by molar-refractivity contribution is 5.96. The van der Waals surface area contributed by atoms with Gasteiger partial charge in [-0.25, -0.2) is 5.43 Å². The maximum absolute atomic E-state index is 13.2. The van der Waals surface area contributed by atoms with E-state index in [1.807, 2.05) is 22.2 Å². The average Bonchev–Trinajstić information content (AvgIpc) is 2.70. The minimum absolute atomic E-state index is 0.0193. The summed E-state index contributed by atoms with van der Waals surface area (Å²) in [5, 5.41) is 1.97. The van der Waals surface area contributed by atoms with Crippen LogP contribution in [0.5, 0.6) is 0 Å². The molecule has 1 N–H and O–H groups in total. The van der Waals surface area contributed by atoms with Gasteiger partial charge in [0.2, 0.25) is 0 Å². The van der Waals surface area contributed by atoms with Crippen LogP contribution in [0.4, 0.5) is 0 Å². The van der Waals surface area contributed by atoms with E-state index in [1.54, 1.807) is 19.3 Å². The Morgan fingerprint density at radius 2 is 1.90 bits per heavy atom. The fourth-order valence-corrected chi connectivity index (χ4v) is 3.53. The molecule has 0 saturated carbocycles. The number of methoxy groups -OCH3 is 1. The van der Waals surface area contributed by atoms with E-state index >= 15 is 0 Å². The molecule has 0 unspecified atom stereocenters. The summed E-state index contributed by atoms with van der Waals surface area (Å²) in [6, 6.07) is 6.33. The Hall–Kier alpha value is -2.63. The Bertz CT molecular complexity index is 852. The third-order valence-corrected chi connectivity index (χ3v) is 5.73. The number of nitrogens with zero attached hydrogens (tertiary/aromatic N) is 2. The van der Waals surface area contributed by atoms with Crippen LogP contribution in [0.2, 0.25) is 0 Å². The van der Waals surface area contributed by atoms with Gasteiger partial charge in [0.15, 0.2) is 0 Å². The first kappa shape index (κ1) is 24.6. The van der Waals surface area contributed by atoms with E-state index < -0.39 is 0 Å². The molecule has 0 aromatic heterocycles. The summed E-state index contributed by atoms with van der Waals surface area (Å²) in [6.45, 7) is 17.0. The third kappa shape index (κ3) is 6.68. The second kappa shape index (κ2) is 11.7. The molecule has 1 saturated heterocycles. The van der Waals surface area contributed by atoms with Crippen molar-refractivity contribution < 1.29 is 9.53 Å². The van der Waals surface area contributed by atoms with Crippen molar-refractivity contribution >= 4 is 5.91 Å². The van der Waals surface area contributed by atoms with Crippen LogP contribution >= 0.6 is 0 Å². The summed E-state index contributed by atoms with van der Waals surface area (Å²) in [4.78, 5) is 15.0. The molecule has 0 radical (unpaired) electrons. The Balaban J connectivity index is 2.28. The maximum Gasteiger partial charge on any atom is 0.255 e. The van der Waals surface area contributed by atoms with E-state index in [-0.39, 0.29) is 5.91 Å². The topological polar surface area (TPSA) is 44.8 Å². The second-order valence-electron chi connectivity index (χ2n) is 8.37. The Morgan fingerprint density at radius 1 is 1.26 bits per heavy atom. The molecule has 31 heavy (non-hydrogen) atoms. The van der Waals surface area contributed by atoms with Gasteiger partial charge in [-0.15, -0.1) is 0 Å². The minimum Gasteiger partial charge on any atom is -0.384 e. The number of hydrazine groups is 1. The summed E-state index contributed by atoms with van der Waals surface area (Å²) >= 11 is 0. The Morgan fingerprint density at radius 3 is 2.45 bits per heavy atom. The molecular weight excluding hydrogens is 386 g/mol. The number of ether oxygens (including phenoxy) is 1. The van der Waals surface area contributed by atoms with Gasteiger partial charge in [0.25, 0.3) is 5.91 Å². The zero-order chi connectivity index (χ0) is 23.0. The number of allylic oxidation sites excluding steroid dienone is 4. The molecule has 0 aliphatic carbocycles. The van der Waals surface area contributed by atoms with Crippen LogP contribution in [0.3, 0.4) is 0 Å². The zero-order valence-electron chi connectivity index (χ0n) is 19.9. The van der Waals surface area contributed by atoms with Crippen molar-refractivity contribution in [3.63, 3.8) is 0 Å². The summed E-state index contributed by atoms with van der Waals surface area (Å²) in [5.74, 6) is 0.433. The summed E-state index contributed by atoms with van der Waals surface area (Å²) in [6.07, 6.45) is 7.21. The fourth-order valence-electron chi connectivity index (χ4n) is 3.53. The van der Waals surface area contributed by atoms with E-state index in [0.29, 0.717) is 24.6 Å². The second-order valence-corrected chi connectivity index (χ2v) is 8.37. The number of carbonyl (C=O) groups is 1. The van der Waals surface area contributed by atoms with Gasteiger partial charge in [0.05, 0.1) is 12.2 Å². The molecule has 1 fully saturated rings. The van der Waals surface area contributed by atoms with E-state index in [1.165, 1.54) is 22.3 Å². The molecule has 2 rings (SSSR count). The lowest BCUT2D eigenvalue weighted by molar-refractivity contribution is -0.134. The molecule has 1 aromatic rings. The van der Waals surface area contributed by atoms with Crippen LogP contribution in [0, 0.1) is 19.8 Å². The summed E-state index contributed by atoms with van der Waals surface area (Å²) in [7, 11) is 1.70. The normalized spacial score (nSPS) is 14.5. The molecular formula is C26H37N3O2.